The molecule has 104 valence electrons. The van der Waals surface area contributed by atoms with E-state index in [0.29, 0.717) is 0 Å². The fourth-order valence-electron chi connectivity index (χ4n) is 1.86. The molecule has 0 fully saturated rings. The summed E-state index contributed by atoms with van der Waals surface area (Å²) < 4.78 is 25.7. The lowest BCUT2D eigenvalue weighted by Crippen LogP contribution is -2.39. The molecular formula is C15H12F2O3. The van der Waals surface area contributed by atoms with Crippen LogP contribution in [0.25, 0.3) is 0 Å². The SMILES string of the molecule is O=C(c1ccc(F)cc1)[C@@](O)(CO)c1ccc(F)cc1. The molecule has 0 spiro atoms. The Morgan fingerprint density at radius 3 is 1.85 bits per heavy atom. The van der Waals surface area contributed by atoms with E-state index in [2.05, 4.69) is 0 Å². The van der Waals surface area contributed by atoms with Crippen molar-refractivity contribution in [1.29, 1.82) is 0 Å². The van der Waals surface area contributed by atoms with Gasteiger partial charge in [-0.15, -0.1) is 0 Å². The quantitative estimate of drug-likeness (QED) is 0.841. The highest BCUT2D eigenvalue weighted by Crippen LogP contribution is 2.26. The van der Waals surface area contributed by atoms with Gasteiger partial charge >= 0.3 is 0 Å². The van der Waals surface area contributed by atoms with E-state index in [0.717, 1.165) is 24.3 Å². The number of hydrogen-bond acceptors (Lipinski definition) is 3. The molecular weight excluding hydrogens is 266 g/mol. The molecule has 2 N–H and O–H groups in total. The fourth-order valence-corrected chi connectivity index (χ4v) is 1.86. The monoisotopic (exact) mass is 278 g/mol. The summed E-state index contributed by atoms with van der Waals surface area (Å²) in [5, 5.41) is 19.7. The van der Waals surface area contributed by atoms with Crippen molar-refractivity contribution in [3.05, 3.63) is 71.3 Å². The third-order valence-electron chi connectivity index (χ3n) is 3.03. The Kier molecular flexibility index (Phi) is 3.92. The minimum atomic E-state index is -2.19. The van der Waals surface area contributed by atoms with Gasteiger partial charge in [0.1, 0.15) is 11.6 Å². The van der Waals surface area contributed by atoms with Crippen LogP contribution in [0.2, 0.25) is 0 Å². The minimum absolute atomic E-state index is 0.0484. The maximum Gasteiger partial charge on any atom is 0.201 e. The van der Waals surface area contributed by atoms with Crippen molar-refractivity contribution < 1.29 is 23.8 Å². The molecule has 2 aromatic carbocycles. The average Bonchev–Trinajstić information content (AvgIpc) is 2.47. The second-order valence-corrected chi connectivity index (χ2v) is 4.36. The highest BCUT2D eigenvalue weighted by atomic mass is 19.1. The zero-order valence-corrected chi connectivity index (χ0v) is 10.4. The number of Topliss-reactive ketones (excluding diaryl/α,β-unsaturated/α-hetero) is 1. The van der Waals surface area contributed by atoms with Crippen molar-refractivity contribution in [1.82, 2.24) is 0 Å². The highest BCUT2D eigenvalue weighted by Gasteiger charge is 2.37. The van der Waals surface area contributed by atoms with Crippen LogP contribution in [0.4, 0.5) is 8.78 Å². The fraction of sp³-hybridized carbons (Fsp3) is 0.133. The zero-order valence-electron chi connectivity index (χ0n) is 10.4. The van der Waals surface area contributed by atoms with E-state index in [9.17, 15) is 23.8 Å². The molecule has 3 nitrogen and oxygen atoms in total. The maximum absolute atomic E-state index is 12.9. The van der Waals surface area contributed by atoms with Crippen LogP contribution in [0.15, 0.2) is 48.5 Å². The number of aliphatic hydroxyl groups is 2. The molecule has 20 heavy (non-hydrogen) atoms. The Balaban J connectivity index is 2.42. The van der Waals surface area contributed by atoms with Crippen LogP contribution in [-0.4, -0.2) is 22.6 Å². The number of carbonyl (C=O) groups excluding carboxylic acids is 1. The molecule has 5 heteroatoms. The molecule has 0 saturated carbocycles. The van der Waals surface area contributed by atoms with Crippen molar-refractivity contribution in [3.8, 4) is 0 Å². The second-order valence-electron chi connectivity index (χ2n) is 4.36. The van der Waals surface area contributed by atoms with Crippen molar-refractivity contribution >= 4 is 5.78 Å². The summed E-state index contributed by atoms with van der Waals surface area (Å²) in [5.41, 5.74) is -2.08. The number of rotatable bonds is 4. The van der Waals surface area contributed by atoms with Gasteiger partial charge in [0.2, 0.25) is 5.78 Å². The first-order valence-corrected chi connectivity index (χ1v) is 5.87. The Morgan fingerprint density at radius 1 is 0.950 bits per heavy atom. The average molecular weight is 278 g/mol. The Bertz CT molecular complexity index is 608. The number of hydrogen-bond donors (Lipinski definition) is 2. The second kappa shape index (κ2) is 5.48. The number of halogens is 2. The van der Waals surface area contributed by atoms with Crippen LogP contribution >= 0.6 is 0 Å². The Hall–Kier alpha value is -2.11. The van der Waals surface area contributed by atoms with Crippen LogP contribution in [0.1, 0.15) is 15.9 Å². The summed E-state index contributed by atoms with van der Waals surface area (Å²) in [7, 11) is 0. The lowest BCUT2D eigenvalue weighted by atomic mass is 9.86. The normalized spacial score (nSPS) is 13.8. The molecule has 0 bridgehead atoms. The smallest absolute Gasteiger partial charge is 0.201 e. The summed E-state index contributed by atoms with van der Waals surface area (Å²) in [6.07, 6.45) is 0. The van der Waals surface area contributed by atoms with Crippen molar-refractivity contribution in [2.24, 2.45) is 0 Å². The molecule has 1 atom stereocenters. The standard InChI is InChI=1S/C15H12F2O3/c16-12-5-1-10(2-6-12)14(19)15(20,9-18)11-3-7-13(17)8-4-11/h1-8,18,20H,9H2/t15-/m1/s1. The van der Waals surface area contributed by atoms with E-state index in [1.54, 1.807) is 0 Å². The number of ketones is 1. The van der Waals surface area contributed by atoms with Crippen LogP contribution in [0.3, 0.4) is 0 Å². The van der Waals surface area contributed by atoms with Gasteiger partial charge in [0.05, 0.1) is 6.61 Å². The number of carbonyl (C=O) groups is 1. The lowest BCUT2D eigenvalue weighted by Gasteiger charge is -2.25. The largest absolute Gasteiger partial charge is 0.393 e. The van der Waals surface area contributed by atoms with Gasteiger partial charge in [-0.05, 0) is 42.0 Å². The van der Waals surface area contributed by atoms with Crippen LogP contribution in [-0.2, 0) is 5.60 Å². The molecule has 0 saturated heterocycles. The van der Waals surface area contributed by atoms with Gasteiger partial charge in [0.15, 0.2) is 5.60 Å². The van der Waals surface area contributed by atoms with E-state index >= 15 is 0 Å². The maximum atomic E-state index is 12.9. The molecule has 0 heterocycles. The first-order valence-electron chi connectivity index (χ1n) is 5.87. The third-order valence-corrected chi connectivity index (χ3v) is 3.03. The molecule has 0 amide bonds. The lowest BCUT2D eigenvalue weighted by molar-refractivity contribution is -0.00404. The van der Waals surface area contributed by atoms with Gasteiger partial charge in [-0.25, -0.2) is 8.78 Å². The molecule has 0 radical (unpaired) electrons. The first kappa shape index (κ1) is 14.3. The summed E-state index contributed by atoms with van der Waals surface area (Å²) in [6, 6.07) is 9.16. The molecule has 0 unspecified atom stereocenters. The molecule has 2 rings (SSSR count). The van der Waals surface area contributed by atoms with Crippen molar-refractivity contribution in [2.45, 2.75) is 5.60 Å². The first-order chi connectivity index (χ1) is 9.47. The van der Waals surface area contributed by atoms with Gasteiger partial charge in [-0.3, -0.25) is 4.79 Å². The van der Waals surface area contributed by atoms with Crippen LogP contribution < -0.4 is 0 Å². The van der Waals surface area contributed by atoms with E-state index in [1.807, 2.05) is 0 Å². The van der Waals surface area contributed by atoms with E-state index < -0.39 is 29.6 Å². The summed E-state index contributed by atoms with van der Waals surface area (Å²) >= 11 is 0. The Labute approximate surface area is 114 Å². The summed E-state index contributed by atoms with van der Waals surface area (Å²) in [5.74, 6) is -1.83. The molecule has 0 aliphatic carbocycles. The van der Waals surface area contributed by atoms with Gasteiger partial charge in [-0.2, -0.15) is 0 Å². The third kappa shape index (κ3) is 2.59. The van der Waals surface area contributed by atoms with Crippen molar-refractivity contribution in [2.75, 3.05) is 6.61 Å². The number of benzene rings is 2. The zero-order chi connectivity index (χ0) is 14.8. The van der Waals surface area contributed by atoms with Crippen LogP contribution in [0.5, 0.6) is 0 Å². The van der Waals surface area contributed by atoms with Gasteiger partial charge in [-0.1, -0.05) is 12.1 Å². The summed E-state index contributed by atoms with van der Waals surface area (Å²) in [6.45, 7) is -0.866. The molecule has 0 aromatic heterocycles. The van der Waals surface area contributed by atoms with E-state index in [1.165, 1.54) is 24.3 Å². The number of aliphatic hydroxyl groups excluding tert-OH is 1. The topological polar surface area (TPSA) is 57.5 Å². The van der Waals surface area contributed by atoms with Gasteiger partial charge in [0.25, 0.3) is 0 Å². The van der Waals surface area contributed by atoms with E-state index in [-0.39, 0.29) is 11.1 Å². The Morgan fingerprint density at radius 2 is 1.40 bits per heavy atom. The van der Waals surface area contributed by atoms with Crippen molar-refractivity contribution in [3.63, 3.8) is 0 Å². The minimum Gasteiger partial charge on any atom is -0.393 e. The molecule has 0 aliphatic heterocycles. The summed E-state index contributed by atoms with van der Waals surface area (Å²) in [4.78, 5) is 12.3. The predicted octanol–water partition coefficient (Wildman–Crippen LogP) is 2.03. The highest BCUT2D eigenvalue weighted by molar-refractivity contribution is 6.02. The van der Waals surface area contributed by atoms with Crippen LogP contribution in [0, 0.1) is 11.6 Å². The molecule has 2 aromatic rings. The predicted molar refractivity (Wildman–Crippen MR) is 68.1 cm³/mol. The van der Waals surface area contributed by atoms with Gasteiger partial charge < -0.3 is 10.2 Å². The van der Waals surface area contributed by atoms with E-state index in [4.69, 9.17) is 0 Å². The molecule has 0 aliphatic rings. The van der Waals surface area contributed by atoms with Gasteiger partial charge in [0, 0.05) is 5.56 Å².